The van der Waals surface area contributed by atoms with Gasteiger partial charge < -0.3 is 14.5 Å². The Morgan fingerprint density at radius 3 is 2.74 bits per heavy atom. The van der Waals surface area contributed by atoms with Gasteiger partial charge in [-0.25, -0.2) is 0 Å². The van der Waals surface area contributed by atoms with Gasteiger partial charge in [-0.3, -0.25) is 4.79 Å². The lowest BCUT2D eigenvalue weighted by Gasteiger charge is -2.40. The molecule has 1 amide bonds. The van der Waals surface area contributed by atoms with Gasteiger partial charge in [-0.15, -0.1) is 0 Å². The summed E-state index contributed by atoms with van der Waals surface area (Å²) in [5.74, 6) is 0.905. The fourth-order valence-electron chi connectivity index (χ4n) is 4.42. The van der Waals surface area contributed by atoms with Gasteiger partial charge in [-0.1, -0.05) is 22.9 Å². The topological polar surface area (TPSA) is 56.6 Å². The minimum atomic E-state index is -0.309. The first-order valence-electron chi connectivity index (χ1n) is 8.56. The number of carbonyl (C=O) groups is 1. The number of nitrogens with zero attached hydrogens (tertiary/aromatic N) is 3. The van der Waals surface area contributed by atoms with Gasteiger partial charge in [0.1, 0.15) is 6.10 Å². The van der Waals surface area contributed by atoms with Crippen molar-refractivity contribution in [3.63, 3.8) is 0 Å². The smallest absolute Gasteiger partial charge is 0.226 e. The molecule has 3 rings (SSSR count). The van der Waals surface area contributed by atoms with Crippen LogP contribution in [0.3, 0.4) is 0 Å². The van der Waals surface area contributed by atoms with Crippen LogP contribution in [0.15, 0.2) is 0 Å². The van der Waals surface area contributed by atoms with E-state index in [0.717, 1.165) is 32.4 Å². The second-order valence-electron chi connectivity index (χ2n) is 7.53. The first kappa shape index (κ1) is 17.2. The Bertz CT molecular complexity index is 507. The number of halogens is 1. The zero-order valence-electron chi connectivity index (χ0n) is 14.1. The average molecular weight is 384 g/mol. The van der Waals surface area contributed by atoms with E-state index < -0.39 is 0 Å². The number of ether oxygens (including phenoxy) is 1. The van der Waals surface area contributed by atoms with E-state index in [9.17, 15) is 4.79 Å². The van der Waals surface area contributed by atoms with Crippen LogP contribution in [-0.4, -0.2) is 66.0 Å². The van der Waals surface area contributed by atoms with Crippen LogP contribution in [0.4, 0.5) is 0 Å². The van der Waals surface area contributed by atoms with Crippen molar-refractivity contribution < 1.29 is 9.53 Å². The molecule has 6 heteroatoms. The second-order valence-corrected chi connectivity index (χ2v) is 8.59. The van der Waals surface area contributed by atoms with E-state index in [1.807, 2.05) is 4.90 Å². The molecule has 2 saturated heterocycles. The maximum Gasteiger partial charge on any atom is 0.226 e. The quantitative estimate of drug-likeness (QED) is 0.682. The SMILES string of the molecule is CC1C(C(=O)N2CC[C@@H](N(C)C)C2)CC2OC(C#N)CC2C1Br. The summed E-state index contributed by atoms with van der Waals surface area (Å²) < 4.78 is 5.87. The van der Waals surface area contributed by atoms with Crippen LogP contribution >= 0.6 is 15.9 Å². The first-order chi connectivity index (χ1) is 10.9. The molecular weight excluding hydrogens is 358 g/mol. The van der Waals surface area contributed by atoms with Crippen molar-refractivity contribution >= 4 is 21.8 Å². The van der Waals surface area contributed by atoms with Gasteiger partial charge in [0.2, 0.25) is 5.91 Å². The molecule has 3 fully saturated rings. The summed E-state index contributed by atoms with van der Waals surface area (Å²) in [6, 6.07) is 2.70. The van der Waals surface area contributed by atoms with Gasteiger partial charge >= 0.3 is 0 Å². The third-order valence-corrected chi connectivity index (χ3v) is 7.51. The predicted molar refractivity (Wildman–Crippen MR) is 91.0 cm³/mol. The van der Waals surface area contributed by atoms with Gasteiger partial charge in [0, 0.05) is 35.8 Å². The number of fused-ring (bicyclic) bond motifs is 1. The molecule has 0 radical (unpaired) electrons. The Hall–Kier alpha value is -0.640. The summed E-state index contributed by atoms with van der Waals surface area (Å²) in [4.78, 5) is 17.5. The van der Waals surface area contributed by atoms with Crippen molar-refractivity contribution in [1.82, 2.24) is 9.80 Å². The highest BCUT2D eigenvalue weighted by Crippen LogP contribution is 2.46. The number of likely N-dealkylation sites (tertiary alicyclic amines) is 1. The minimum Gasteiger partial charge on any atom is -0.360 e. The van der Waals surface area contributed by atoms with Crippen molar-refractivity contribution in [3.05, 3.63) is 0 Å². The minimum absolute atomic E-state index is 0.000944. The monoisotopic (exact) mass is 383 g/mol. The Morgan fingerprint density at radius 2 is 2.13 bits per heavy atom. The fourth-order valence-corrected chi connectivity index (χ4v) is 5.34. The van der Waals surface area contributed by atoms with Crippen molar-refractivity contribution in [2.45, 2.75) is 49.3 Å². The summed E-state index contributed by atoms with van der Waals surface area (Å²) in [6.45, 7) is 3.85. The van der Waals surface area contributed by atoms with E-state index in [0.29, 0.717) is 12.0 Å². The summed E-state index contributed by atoms with van der Waals surface area (Å²) in [6.07, 6.45) is 2.33. The number of hydrogen-bond acceptors (Lipinski definition) is 4. The van der Waals surface area contributed by atoms with Gasteiger partial charge in [-0.2, -0.15) is 5.26 Å². The van der Waals surface area contributed by atoms with Crippen LogP contribution in [0.2, 0.25) is 0 Å². The second kappa shape index (κ2) is 6.70. The molecule has 3 aliphatic rings. The Labute approximate surface area is 147 Å². The van der Waals surface area contributed by atoms with Crippen molar-refractivity contribution in [2.24, 2.45) is 17.8 Å². The highest BCUT2D eigenvalue weighted by Gasteiger charge is 2.50. The van der Waals surface area contributed by atoms with E-state index in [1.165, 1.54) is 0 Å². The fraction of sp³-hybridized carbons (Fsp3) is 0.882. The molecule has 0 aromatic heterocycles. The lowest BCUT2D eigenvalue weighted by molar-refractivity contribution is -0.139. The molecule has 0 aromatic rings. The number of alkyl halides is 1. The predicted octanol–water partition coefficient (Wildman–Crippen LogP) is 1.87. The third kappa shape index (κ3) is 3.16. The molecule has 7 atom stereocenters. The van der Waals surface area contributed by atoms with Gasteiger partial charge in [0.05, 0.1) is 12.2 Å². The number of nitriles is 1. The zero-order valence-corrected chi connectivity index (χ0v) is 15.7. The molecule has 0 aromatic carbocycles. The molecule has 2 heterocycles. The van der Waals surface area contributed by atoms with Gasteiger partial charge in [0.15, 0.2) is 0 Å². The lowest BCUT2D eigenvalue weighted by Crippen LogP contribution is -2.48. The number of rotatable bonds is 2. The standard InChI is InChI=1S/C17H26BrN3O2/c1-10-13(17(22)21-5-4-11(9-21)20(2)3)7-15-14(16(10)18)6-12(8-19)23-15/h10-16H,4-7,9H2,1-3H3/t10?,11-,12?,13?,14?,15?,16?/m1/s1. The van der Waals surface area contributed by atoms with Crippen LogP contribution in [-0.2, 0) is 9.53 Å². The lowest BCUT2D eigenvalue weighted by atomic mass is 9.72. The molecule has 1 saturated carbocycles. The van der Waals surface area contributed by atoms with Crippen molar-refractivity contribution in [3.8, 4) is 6.07 Å². The Balaban J connectivity index is 1.68. The summed E-state index contributed by atoms with van der Waals surface area (Å²) in [5.41, 5.74) is 0. The Morgan fingerprint density at radius 1 is 1.39 bits per heavy atom. The molecule has 0 N–H and O–H groups in total. The highest BCUT2D eigenvalue weighted by atomic mass is 79.9. The molecule has 1 aliphatic carbocycles. The summed E-state index contributed by atoms with van der Waals surface area (Å²) in [5, 5.41) is 9.12. The van der Waals surface area contributed by atoms with E-state index >= 15 is 0 Å². The highest BCUT2D eigenvalue weighted by molar-refractivity contribution is 9.09. The van der Waals surface area contributed by atoms with Crippen LogP contribution < -0.4 is 0 Å². The molecule has 5 nitrogen and oxygen atoms in total. The maximum absolute atomic E-state index is 13.0. The van der Waals surface area contributed by atoms with Crippen LogP contribution in [0.1, 0.15) is 26.2 Å². The molecule has 23 heavy (non-hydrogen) atoms. The summed E-state index contributed by atoms with van der Waals surface area (Å²) in [7, 11) is 4.16. The zero-order chi connectivity index (χ0) is 16.7. The molecule has 128 valence electrons. The van der Waals surface area contributed by atoms with E-state index in [2.05, 4.69) is 47.9 Å². The van der Waals surface area contributed by atoms with Gasteiger partial charge in [0.25, 0.3) is 0 Å². The first-order valence-corrected chi connectivity index (χ1v) is 9.48. The van der Waals surface area contributed by atoms with Crippen molar-refractivity contribution in [2.75, 3.05) is 27.2 Å². The molecule has 6 unspecified atom stereocenters. The molecule has 0 bridgehead atoms. The molecule has 2 aliphatic heterocycles. The van der Waals surface area contributed by atoms with E-state index in [4.69, 9.17) is 10.00 Å². The normalized spacial score (nSPS) is 43.5. The number of amides is 1. The van der Waals surface area contributed by atoms with Gasteiger partial charge in [-0.05, 0) is 39.3 Å². The summed E-state index contributed by atoms with van der Waals surface area (Å²) >= 11 is 3.80. The molecular formula is C17H26BrN3O2. The average Bonchev–Trinajstić information content (AvgIpc) is 3.16. The van der Waals surface area contributed by atoms with Crippen molar-refractivity contribution in [1.29, 1.82) is 5.26 Å². The van der Waals surface area contributed by atoms with E-state index in [1.54, 1.807) is 0 Å². The van der Waals surface area contributed by atoms with E-state index in [-0.39, 0.29) is 34.8 Å². The number of hydrogen-bond donors (Lipinski definition) is 0. The van der Waals surface area contributed by atoms with Crippen LogP contribution in [0.25, 0.3) is 0 Å². The largest absolute Gasteiger partial charge is 0.360 e. The number of likely N-dealkylation sites (N-methyl/N-ethyl adjacent to an activating group) is 1. The van der Waals surface area contributed by atoms with Crippen LogP contribution in [0.5, 0.6) is 0 Å². The number of carbonyl (C=O) groups excluding carboxylic acids is 1. The Kier molecular flexibility index (Phi) is 5.01. The van der Waals surface area contributed by atoms with Crippen LogP contribution in [0, 0.1) is 29.1 Å². The maximum atomic E-state index is 13.0. The molecule has 0 spiro atoms. The third-order valence-electron chi connectivity index (χ3n) is 6.00.